The first kappa shape index (κ1) is 10.8. The Balaban J connectivity index is 0. The van der Waals surface area contributed by atoms with E-state index in [1.54, 1.807) is 0 Å². The fraction of sp³-hybridized carbons (Fsp3) is 0.667. The zero-order chi connectivity index (χ0) is 5.15. The van der Waals surface area contributed by atoms with E-state index in [0.29, 0.717) is 0 Å². The second-order valence-corrected chi connectivity index (χ2v) is 1.01. The van der Waals surface area contributed by atoms with Gasteiger partial charge in [-0.15, -0.1) is 0 Å². The number of aliphatic hydroxyl groups is 1. The molecule has 0 saturated carbocycles. The molecule has 0 aliphatic rings. The first-order chi connectivity index (χ1) is 2.64. The molecule has 1 atom stereocenters. The van der Waals surface area contributed by atoms with Crippen LogP contribution in [-0.4, -0.2) is 67.8 Å². The Hall–Kier alpha value is 0.911. The molecule has 2 N–H and O–H groups in total. The van der Waals surface area contributed by atoms with Crippen molar-refractivity contribution in [2.45, 2.75) is 13.0 Å². The van der Waals surface area contributed by atoms with Crippen molar-refractivity contribution in [2.75, 3.05) is 0 Å². The van der Waals surface area contributed by atoms with Crippen LogP contribution < -0.4 is 0 Å². The van der Waals surface area contributed by atoms with Gasteiger partial charge in [0.25, 0.3) is 0 Å². The number of rotatable bonds is 1. The van der Waals surface area contributed by atoms with Gasteiger partial charge in [0, 0.05) is 0 Å². The van der Waals surface area contributed by atoms with Crippen molar-refractivity contribution < 1.29 is 15.0 Å². The van der Waals surface area contributed by atoms with Gasteiger partial charge >= 0.3 is 51.5 Å². The van der Waals surface area contributed by atoms with Crippen molar-refractivity contribution in [2.24, 2.45) is 0 Å². The zero-order valence-electron chi connectivity index (χ0n) is 3.38. The van der Waals surface area contributed by atoms with E-state index in [2.05, 4.69) is 0 Å². The van der Waals surface area contributed by atoms with Crippen LogP contribution in [0.15, 0.2) is 0 Å². The van der Waals surface area contributed by atoms with Crippen molar-refractivity contribution in [3.05, 3.63) is 0 Å². The molecule has 0 amide bonds. The van der Waals surface area contributed by atoms with Crippen LogP contribution in [0, 0.1) is 0 Å². The summed E-state index contributed by atoms with van der Waals surface area (Å²) in [5.74, 6) is -1.19. The summed E-state index contributed by atoms with van der Waals surface area (Å²) >= 11 is 0. The number of aliphatic carboxylic acids is 1. The summed E-state index contributed by atoms with van der Waals surface area (Å²) in [6, 6.07) is 0. The first-order valence-electron chi connectivity index (χ1n) is 1.55. The summed E-state index contributed by atoms with van der Waals surface area (Å²) in [6.45, 7) is 1.20. The van der Waals surface area contributed by atoms with Gasteiger partial charge in [-0.2, -0.15) is 0 Å². The first-order valence-corrected chi connectivity index (χ1v) is 1.55. The van der Waals surface area contributed by atoms with E-state index >= 15 is 0 Å². The molecule has 0 heterocycles. The van der Waals surface area contributed by atoms with Crippen LogP contribution in [0.3, 0.4) is 0 Å². The Labute approximate surface area is 78.6 Å². The average Bonchev–Trinajstić information content (AvgIpc) is 1.36. The van der Waals surface area contributed by atoms with Gasteiger partial charge in [0.2, 0.25) is 0 Å². The molecule has 4 heteroatoms. The Morgan fingerprint density at radius 3 is 1.86 bits per heavy atom. The predicted molar refractivity (Wildman–Crippen MR) is 27.9 cm³/mol. The second-order valence-electron chi connectivity index (χ2n) is 1.01. The molecule has 40 valence electrons. The monoisotopic (exact) mass is 180 g/mol. The molecule has 7 heavy (non-hydrogen) atoms. The minimum atomic E-state index is -1.23. The molecule has 0 bridgehead atoms. The maximum absolute atomic E-state index is 9.45. The molecular formula is C3H8O3Sr. The van der Waals surface area contributed by atoms with Crippen molar-refractivity contribution >= 4 is 51.5 Å². The van der Waals surface area contributed by atoms with Crippen molar-refractivity contribution in [1.29, 1.82) is 0 Å². The van der Waals surface area contributed by atoms with Crippen molar-refractivity contribution in [3.63, 3.8) is 0 Å². The zero-order valence-corrected chi connectivity index (χ0v) is 3.38. The quantitative estimate of drug-likeness (QED) is 0.484. The normalized spacial score (nSPS) is 11.7. The minimum absolute atomic E-state index is 0. The molecule has 0 radical (unpaired) electrons. The van der Waals surface area contributed by atoms with Gasteiger partial charge in [-0.3, -0.25) is 0 Å². The molecule has 1 unspecified atom stereocenters. The number of carboxylic acid groups (broad SMARTS) is 1. The molecule has 3 nitrogen and oxygen atoms in total. The van der Waals surface area contributed by atoms with E-state index in [4.69, 9.17) is 10.2 Å². The van der Waals surface area contributed by atoms with Crippen LogP contribution in [0.5, 0.6) is 0 Å². The SMILES string of the molecule is CC(O)C(=O)O.[SrH2]. The molecule has 0 aromatic carbocycles. The maximum atomic E-state index is 9.45. The number of aliphatic hydroxyl groups excluding tert-OH is 1. The van der Waals surface area contributed by atoms with Gasteiger partial charge in [-0.05, 0) is 6.92 Å². The number of carboxylic acids is 1. The van der Waals surface area contributed by atoms with E-state index < -0.39 is 12.1 Å². The third-order valence-corrected chi connectivity index (χ3v) is 0.357. The van der Waals surface area contributed by atoms with Gasteiger partial charge in [0.05, 0.1) is 0 Å². The van der Waals surface area contributed by atoms with Crippen molar-refractivity contribution in [1.82, 2.24) is 0 Å². The van der Waals surface area contributed by atoms with Crippen LogP contribution >= 0.6 is 0 Å². The van der Waals surface area contributed by atoms with Gasteiger partial charge in [-0.25, -0.2) is 4.79 Å². The van der Waals surface area contributed by atoms with E-state index in [-0.39, 0.29) is 45.5 Å². The Kier molecular flexibility index (Phi) is 7.81. The van der Waals surface area contributed by atoms with E-state index in [9.17, 15) is 4.79 Å². The van der Waals surface area contributed by atoms with E-state index in [1.165, 1.54) is 6.92 Å². The molecule has 0 rings (SSSR count). The summed E-state index contributed by atoms with van der Waals surface area (Å²) in [5, 5.41) is 15.8. The summed E-state index contributed by atoms with van der Waals surface area (Å²) < 4.78 is 0. The fourth-order valence-electron chi connectivity index (χ4n) is 0. The summed E-state index contributed by atoms with van der Waals surface area (Å²) in [5.41, 5.74) is 0. The third-order valence-electron chi connectivity index (χ3n) is 0.357. The Morgan fingerprint density at radius 1 is 1.71 bits per heavy atom. The van der Waals surface area contributed by atoms with Gasteiger partial charge in [0.1, 0.15) is 6.10 Å². The van der Waals surface area contributed by atoms with Crippen LogP contribution in [0.25, 0.3) is 0 Å². The van der Waals surface area contributed by atoms with Gasteiger partial charge in [-0.1, -0.05) is 0 Å². The Bertz CT molecular complexity index is 61.2. The molecule has 0 saturated heterocycles. The molecule has 0 aliphatic carbocycles. The van der Waals surface area contributed by atoms with Gasteiger partial charge < -0.3 is 10.2 Å². The summed E-state index contributed by atoms with van der Waals surface area (Å²) in [4.78, 5) is 9.45. The molecule has 0 aliphatic heterocycles. The van der Waals surface area contributed by atoms with Crippen LogP contribution in [0.1, 0.15) is 6.92 Å². The number of carbonyl (C=O) groups is 1. The predicted octanol–water partition coefficient (Wildman–Crippen LogP) is -1.46. The van der Waals surface area contributed by atoms with Crippen molar-refractivity contribution in [3.8, 4) is 0 Å². The standard InChI is InChI=1S/C3H6O3.Sr.2H/c1-2(4)3(5)6;;;/h2,4H,1H3,(H,5,6);;;. The summed E-state index contributed by atoms with van der Waals surface area (Å²) in [6.07, 6.45) is -1.23. The van der Waals surface area contributed by atoms with Gasteiger partial charge in [0.15, 0.2) is 0 Å². The van der Waals surface area contributed by atoms with E-state index in [0.717, 1.165) is 0 Å². The van der Waals surface area contributed by atoms with Crippen LogP contribution in [-0.2, 0) is 4.79 Å². The summed E-state index contributed by atoms with van der Waals surface area (Å²) in [7, 11) is 0. The second kappa shape index (κ2) is 5.06. The number of hydrogen-bond acceptors (Lipinski definition) is 2. The third kappa shape index (κ3) is 6.91. The molecular weight excluding hydrogens is 172 g/mol. The van der Waals surface area contributed by atoms with Crippen LogP contribution in [0.4, 0.5) is 0 Å². The van der Waals surface area contributed by atoms with E-state index in [1.807, 2.05) is 0 Å². The number of hydrogen-bond donors (Lipinski definition) is 2. The average molecular weight is 180 g/mol. The topological polar surface area (TPSA) is 57.5 Å². The molecule has 0 spiro atoms. The van der Waals surface area contributed by atoms with Crippen LogP contribution in [0.2, 0.25) is 0 Å². The Morgan fingerprint density at radius 2 is 1.86 bits per heavy atom. The molecule has 0 aromatic heterocycles. The fourth-order valence-corrected chi connectivity index (χ4v) is 0. The molecule has 0 fully saturated rings. The molecule has 0 aromatic rings.